The molecule has 4 heterocycles. The summed E-state index contributed by atoms with van der Waals surface area (Å²) in [6.45, 7) is 1.81. The molecule has 3 N–H and O–H groups in total. The monoisotopic (exact) mass is 395 g/mol. The van der Waals surface area contributed by atoms with Crippen LogP contribution in [0.15, 0.2) is 24.4 Å². The summed E-state index contributed by atoms with van der Waals surface area (Å²) >= 11 is 1.17. The largest absolute Gasteiger partial charge is 0.474 e. The molecular formula is C19H17N5O3S. The van der Waals surface area contributed by atoms with Crippen LogP contribution in [0.5, 0.6) is 5.88 Å². The third kappa shape index (κ3) is 2.50. The van der Waals surface area contributed by atoms with Crippen molar-refractivity contribution in [3.63, 3.8) is 0 Å². The second kappa shape index (κ2) is 6.16. The van der Waals surface area contributed by atoms with E-state index in [9.17, 15) is 9.59 Å². The van der Waals surface area contributed by atoms with E-state index in [2.05, 4.69) is 15.3 Å². The van der Waals surface area contributed by atoms with Gasteiger partial charge in [-0.25, -0.2) is 14.8 Å². The van der Waals surface area contributed by atoms with Crippen molar-refractivity contribution in [3.8, 4) is 5.88 Å². The summed E-state index contributed by atoms with van der Waals surface area (Å²) in [5.41, 5.74) is 7.85. The van der Waals surface area contributed by atoms with Gasteiger partial charge >= 0.3 is 6.03 Å². The zero-order valence-electron chi connectivity index (χ0n) is 15.1. The van der Waals surface area contributed by atoms with E-state index in [1.54, 1.807) is 24.4 Å². The second-order valence-electron chi connectivity index (χ2n) is 6.87. The van der Waals surface area contributed by atoms with Crippen molar-refractivity contribution in [1.29, 1.82) is 0 Å². The average Bonchev–Trinajstić information content (AvgIpc) is 3.01. The van der Waals surface area contributed by atoms with Gasteiger partial charge in [-0.15, -0.1) is 11.3 Å². The molecule has 1 aliphatic heterocycles. The second-order valence-corrected chi connectivity index (χ2v) is 7.87. The van der Waals surface area contributed by atoms with Crippen LogP contribution < -0.4 is 20.7 Å². The van der Waals surface area contributed by atoms with Gasteiger partial charge < -0.3 is 15.8 Å². The van der Waals surface area contributed by atoms with Gasteiger partial charge in [0.1, 0.15) is 15.8 Å². The number of hydrogen-bond donors (Lipinski definition) is 2. The number of ether oxygens (including phenoxy) is 1. The van der Waals surface area contributed by atoms with Gasteiger partial charge in [-0.2, -0.15) is 0 Å². The highest BCUT2D eigenvalue weighted by molar-refractivity contribution is 7.21. The van der Waals surface area contributed by atoms with Crippen LogP contribution in [0.1, 0.15) is 34.6 Å². The topological polar surface area (TPSA) is 110 Å². The van der Waals surface area contributed by atoms with E-state index in [0.717, 1.165) is 12.8 Å². The van der Waals surface area contributed by atoms with Gasteiger partial charge in [0, 0.05) is 12.3 Å². The summed E-state index contributed by atoms with van der Waals surface area (Å²) in [4.78, 5) is 36.2. The minimum atomic E-state index is -0.598. The zero-order chi connectivity index (χ0) is 19.4. The van der Waals surface area contributed by atoms with Crippen LogP contribution in [0.3, 0.4) is 0 Å². The maximum atomic E-state index is 12.9. The lowest BCUT2D eigenvalue weighted by molar-refractivity contribution is 0.100. The molecule has 1 aliphatic carbocycles. The highest BCUT2D eigenvalue weighted by atomic mass is 32.1. The van der Waals surface area contributed by atoms with Gasteiger partial charge in [0.2, 0.25) is 5.88 Å². The SMILES string of the molecule is Cc1nc(OC2CCC2)ccc1N1C(=O)Nc2ccnc3sc(C(N)=O)c1c23. The van der Waals surface area contributed by atoms with Crippen molar-refractivity contribution in [3.05, 3.63) is 35.0 Å². The number of carbonyl (C=O) groups is 2. The van der Waals surface area contributed by atoms with Gasteiger partial charge in [0.05, 0.1) is 28.1 Å². The van der Waals surface area contributed by atoms with E-state index >= 15 is 0 Å². The van der Waals surface area contributed by atoms with Gasteiger partial charge in [-0.3, -0.25) is 9.69 Å². The van der Waals surface area contributed by atoms with Crippen LogP contribution in [0.4, 0.5) is 21.9 Å². The summed E-state index contributed by atoms with van der Waals surface area (Å²) in [6, 6.07) is 4.86. The van der Waals surface area contributed by atoms with Gasteiger partial charge in [0.15, 0.2) is 0 Å². The molecule has 8 nitrogen and oxygen atoms in total. The van der Waals surface area contributed by atoms with Crippen molar-refractivity contribution in [2.24, 2.45) is 5.73 Å². The van der Waals surface area contributed by atoms with Crippen LogP contribution >= 0.6 is 11.3 Å². The summed E-state index contributed by atoms with van der Waals surface area (Å²) < 4.78 is 5.85. The van der Waals surface area contributed by atoms with E-state index in [-0.39, 0.29) is 12.1 Å². The highest BCUT2D eigenvalue weighted by Crippen LogP contribution is 2.47. The molecule has 0 aromatic carbocycles. The van der Waals surface area contributed by atoms with Crippen molar-refractivity contribution < 1.29 is 14.3 Å². The normalized spacial score (nSPS) is 16.0. The lowest BCUT2D eigenvalue weighted by atomic mass is 9.96. The summed E-state index contributed by atoms with van der Waals surface area (Å²) in [6.07, 6.45) is 5.06. The number of nitrogens with two attached hydrogens (primary N) is 1. The van der Waals surface area contributed by atoms with E-state index in [1.165, 1.54) is 22.7 Å². The maximum Gasteiger partial charge on any atom is 0.331 e. The number of thiophene rings is 1. The zero-order valence-corrected chi connectivity index (χ0v) is 15.9. The van der Waals surface area contributed by atoms with Gasteiger partial charge in [0.25, 0.3) is 5.91 Å². The molecule has 0 radical (unpaired) electrons. The fourth-order valence-electron chi connectivity index (χ4n) is 3.49. The lowest BCUT2D eigenvalue weighted by Crippen LogP contribution is -2.35. The average molecular weight is 395 g/mol. The first-order valence-corrected chi connectivity index (χ1v) is 9.81. The van der Waals surface area contributed by atoms with E-state index in [0.29, 0.717) is 43.7 Å². The van der Waals surface area contributed by atoms with Crippen molar-refractivity contribution >= 4 is 50.6 Å². The molecule has 9 heteroatoms. The number of amides is 3. The molecule has 0 atom stereocenters. The first-order chi connectivity index (χ1) is 13.5. The summed E-state index contributed by atoms with van der Waals surface area (Å²) in [5, 5.41) is 3.56. The molecule has 3 aromatic rings. The predicted octanol–water partition coefficient (Wildman–Crippen LogP) is 3.71. The Morgan fingerprint density at radius 2 is 2.18 bits per heavy atom. The van der Waals surface area contributed by atoms with Crippen LogP contribution in [-0.2, 0) is 0 Å². The molecule has 0 saturated heterocycles. The first kappa shape index (κ1) is 16.9. The number of nitrogens with one attached hydrogen (secondary N) is 1. The predicted molar refractivity (Wildman–Crippen MR) is 107 cm³/mol. The molecule has 1 fully saturated rings. The Morgan fingerprint density at radius 1 is 1.36 bits per heavy atom. The number of aromatic nitrogens is 2. The van der Waals surface area contributed by atoms with Gasteiger partial charge in [-0.1, -0.05) is 0 Å². The number of pyridine rings is 2. The fourth-order valence-corrected chi connectivity index (χ4v) is 4.49. The molecule has 142 valence electrons. The fraction of sp³-hybridized carbons (Fsp3) is 0.263. The maximum absolute atomic E-state index is 12.9. The highest BCUT2D eigenvalue weighted by Gasteiger charge is 2.34. The molecule has 3 amide bonds. The number of hydrogen-bond acceptors (Lipinski definition) is 6. The molecule has 2 aliphatic rings. The Bertz CT molecular complexity index is 1140. The Kier molecular flexibility index (Phi) is 3.73. The number of anilines is 3. The molecule has 5 rings (SSSR count). The number of aryl methyl sites for hydroxylation is 1. The number of urea groups is 1. The molecule has 1 saturated carbocycles. The molecule has 0 spiro atoms. The summed E-state index contributed by atoms with van der Waals surface area (Å²) in [5.74, 6) is -0.0600. The first-order valence-electron chi connectivity index (χ1n) is 8.99. The number of primary amides is 1. The Morgan fingerprint density at radius 3 is 2.86 bits per heavy atom. The number of carbonyl (C=O) groups excluding carboxylic acids is 2. The molecule has 0 unspecified atom stereocenters. The molecule has 3 aromatic heterocycles. The smallest absolute Gasteiger partial charge is 0.331 e. The lowest BCUT2D eigenvalue weighted by Gasteiger charge is -2.30. The summed E-state index contributed by atoms with van der Waals surface area (Å²) in [7, 11) is 0. The Labute approximate surface area is 164 Å². The minimum Gasteiger partial charge on any atom is -0.474 e. The van der Waals surface area contributed by atoms with Crippen LogP contribution in [0.25, 0.3) is 10.2 Å². The minimum absolute atomic E-state index is 0.215. The Balaban J connectivity index is 1.64. The van der Waals surface area contributed by atoms with E-state index in [1.807, 2.05) is 6.92 Å². The van der Waals surface area contributed by atoms with Crippen molar-refractivity contribution in [1.82, 2.24) is 9.97 Å². The van der Waals surface area contributed by atoms with E-state index < -0.39 is 5.91 Å². The molecule has 0 bridgehead atoms. The molecule has 28 heavy (non-hydrogen) atoms. The van der Waals surface area contributed by atoms with E-state index in [4.69, 9.17) is 10.5 Å². The standard InChI is InChI=1S/C19H17N5O3S/c1-9-12(5-6-13(22-9)27-10-3-2-4-10)24-15-14-11(23-19(24)26)7-8-21-18(14)28-16(15)17(20)25/h5-8,10H,2-4H2,1H3,(H2,20,25)(H,23,26). The van der Waals surface area contributed by atoms with Crippen molar-refractivity contribution in [2.45, 2.75) is 32.3 Å². The quantitative estimate of drug-likeness (QED) is 0.700. The number of rotatable bonds is 4. The van der Waals surface area contributed by atoms with Crippen LogP contribution in [0, 0.1) is 6.92 Å². The third-order valence-corrected chi connectivity index (χ3v) is 6.17. The molecular weight excluding hydrogens is 378 g/mol. The Hall–Kier alpha value is -3.20. The van der Waals surface area contributed by atoms with Crippen LogP contribution in [-0.4, -0.2) is 28.0 Å². The van der Waals surface area contributed by atoms with Crippen LogP contribution in [0.2, 0.25) is 0 Å². The van der Waals surface area contributed by atoms with Gasteiger partial charge in [-0.05, 0) is 38.3 Å². The van der Waals surface area contributed by atoms with Crippen molar-refractivity contribution in [2.75, 3.05) is 10.2 Å². The number of nitrogens with zero attached hydrogens (tertiary/aromatic N) is 3. The third-order valence-electron chi connectivity index (χ3n) is 5.07.